The van der Waals surface area contributed by atoms with Gasteiger partial charge in [-0.05, 0) is 18.2 Å². The molecule has 98 valence electrons. The maximum Gasteiger partial charge on any atom is 0.124 e. The standard InChI is InChI=1S/C14H19BrN2O/c1-3-13(17-8-6-16-7-9-17)12-10-11(15)4-5-14(12)18-2/h3-5,10,13,16H,1,6-9H2,2H3/t13-/m1/s1. The van der Waals surface area contributed by atoms with Crippen LogP contribution in [0.1, 0.15) is 11.6 Å². The van der Waals surface area contributed by atoms with Gasteiger partial charge in [-0.2, -0.15) is 0 Å². The molecule has 0 bridgehead atoms. The van der Waals surface area contributed by atoms with Crippen molar-refractivity contribution in [2.45, 2.75) is 6.04 Å². The molecule has 1 aliphatic rings. The molecule has 1 heterocycles. The van der Waals surface area contributed by atoms with Crippen molar-refractivity contribution in [1.82, 2.24) is 10.2 Å². The number of piperazine rings is 1. The lowest BCUT2D eigenvalue weighted by Crippen LogP contribution is -2.44. The van der Waals surface area contributed by atoms with E-state index in [0.717, 1.165) is 36.4 Å². The first-order valence-corrected chi connectivity index (χ1v) is 6.96. The van der Waals surface area contributed by atoms with E-state index in [0.29, 0.717) is 0 Å². The number of benzene rings is 1. The number of ether oxygens (including phenoxy) is 1. The lowest BCUT2D eigenvalue weighted by molar-refractivity contribution is 0.200. The van der Waals surface area contributed by atoms with Crippen LogP contribution in [0.5, 0.6) is 5.75 Å². The Hall–Kier alpha value is -0.840. The summed E-state index contributed by atoms with van der Waals surface area (Å²) in [6.45, 7) is 8.11. The summed E-state index contributed by atoms with van der Waals surface area (Å²) in [6, 6.07) is 6.32. The summed E-state index contributed by atoms with van der Waals surface area (Å²) in [6.07, 6.45) is 2.00. The van der Waals surface area contributed by atoms with Crippen molar-refractivity contribution in [1.29, 1.82) is 0 Å². The van der Waals surface area contributed by atoms with Crippen molar-refractivity contribution in [3.8, 4) is 5.75 Å². The van der Waals surface area contributed by atoms with Gasteiger partial charge in [-0.15, -0.1) is 6.58 Å². The van der Waals surface area contributed by atoms with Crippen LogP contribution in [-0.4, -0.2) is 38.2 Å². The summed E-state index contributed by atoms with van der Waals surface area (Å²) < 4.78 is 6.53. The molecule has 2 rings (SSSR count). The fourth-order valence-corrected chi connectivity index (χ4v) is 2.75. The van der Waals surface area contributed by atoms with E-state index in [9.17, 15) is 0 Å². The first-order valence-electron chi connectivity index (χ1n) is 6.17. The van der Waals surface area contributed by atoms with Crippen LogP contribution in [0.15, 0.2) is 35.3 Å². The molecule has 0 saturated carbocycles. The van der Waals surface area contributed by atoms with Gasteiger partial charge in [-0.25, -0.2) is 0 Å². The molecule has 0 spiro atoms. The van der Waals surface area contributed by atoms with Crippen LogP contribution in [0, 0.1) is 0 Å². The number of rotatable bonds is 4. The highest BCUT2D eigenvalue weighted by Gasteiger charge is 2.22. The van der Waals surface area contributed by atoms with Gasteiger partial charge in [0.25, 0.3) is 0 Å². The van der Waals surface area contributed by atoms with Gasteiger partial charge in [-0.3, -0.25) is 4.90 Å². The van der Waals surface area contributed by atoms with Gasteiger partial charge in [-0.1, -0.05) is 22.0 Å². The Labute approximate surface area is 117 Å². The van der Waals surface area contributed by atoms with Crippen LogP contribution < -0.4 is 10.1 Å². The third-order valence-electron chi connectivity index (χ3n) is 3.28. The maximum atomic E-state index is 5.46. The van der Waals surface area contributed by atoms with E-state index in [1.54, 1.807) is 7.11 Å². The predicted octanol–water partition coefficient (Wildman–Crippen LogP) is 2.59. The van der Waals surface area contributed by atoms with Crippen molar-refractivity contribution < 1.29 is 4.74 Å². The van der Waals surface area contributed by atoms with Gasteiger partial charge in [0.2, 0.25) is 0 Å². The van der Waals surface area contributed by atoms with E-state index in [2.05, 4.69) is 38.8 Å². The Morgan fingerprint density at radius 1 is 1.44 bits per heavy atom. The Morgan fingerprint density at radius 3 is 2.78 bits per heavy atom. The van der Waals surface area contributed by atoms with Crippen LogP contribution in [0.2, 0.25) is 0 Å². The molecule has 3 nitrogen and oxygen atoms in total. The van der Waals surface area contributed by atoms with Crippen LogP contribution in [0.25, 0.3) is 0 Å². The SMILES string of the molecule is C=C[C@H](c1cc(Br)ccc1OC)N1CCNCC1. The summed E-state index contributed by atoms with van der Waals surface area (Å²) in [7, 11) is 1.71. The molecular formula is C14H19BrN2O. The Balaban J connectivity index is 2.30. The zero-order chi connectivity index (χ0) is 13.0. The Kier molecular flexibility index (Phi) is 4.80. The summed E-state index contributed by atoms with van der Waals surface area (Å²) in [4.78, 5) is 2.42. The largest absolute Gasteiger partial charge is 0.496 e. The van der Waals surface area contributed by atoms with Gasteiger partial charge in [0, 0.05) is 36.2 Å². The van der Waals surface area contributed by atoms with Crippen molar-refractivity contribution in [2.75, 3.05) is 33.3 Å². The van der Waals surface area contributed by atoms with Crippen molar-refractivity contribution in [3.63, 3.8) is 0 Å². The quantitative estimate of drug-likeness (QED) is 0.865. The van der Waals surface area contributed by atoms with Crippen molar-refractivity contribution >= 4 is 15.9 Å². The molecule has 1 N–H and O–H groups in total. The molecule has 1 fully saturated rings. The summed E-state index contributed by atoms with van der Waals surface area (Å²) in [5, 5.41) is 3.37. The second kappa shape index (κ2) is 6.36. The van der Waals surface area contributed by atoms with E-state index in [1.165, 1.54) is 5.56 Å². The minimum absolute atomic E-state index is 0.208. The number of hydrogen-bond acceptors (Lipinski definition) is 3. The zero-order valence-electron chi connectivity index (χ0n) is 10.7. The molecule has 18 heavy (non-hydrogen) atoms. The molecule has 0 radical (unpaired) electrons. The molecule has 0 aliphatic carbocycles. The molecule has 1 aliphatic heterocycles. The summed E-state index contributed by atoms with van der Waals surface area (Å²) in [5.41, 5.74) is 1.17. The normalized spacial score (nSPS) is 18.3. The highest BCUT2D eigenvalue weighted by atomic mass is 79.9. The fourth-order valence-electron chi connectivity index (χ4n) is 2.37. The smallest absolute Gasteiger partial charge is 0.124 e. The number of nitrogens with one attached hydrogen (secondary N) is 1. The molecular weight excluding hydrogens is 292 g/mol. The third-order valence-corrected chi connectivity index (χ3v) is 3.77. The van der Waals surface area contributed by atoms with Crippen LogP contribution in [0.4, 0.5) is 0 Å². The van der Waals surface area contributed by atoms with Crippen LogP contribution in [0.3, 0.4) is 0 Å². The zero-order valence-corrected chi connectivity index (χ0v) is 12.2. The molecule has 0 amide bonds. The average molecular weight is 311 g/mol. The predicted molar refractivity (Wildman–Crippen MR) is 78.1 cm³/mol. The number of nitrogens with zero attached hydrogens (tertiary/aromatic N) is 1. The van der Waals surface area contributed by atoms with Gasteiger partial charge in [0.05, 0.1) is 13.2 Å². The van der Waals surface area contributed by atoms with Crippen molar-refractivity contribution in [2.24, 2.45) is 0 Å². The van der Waals surface area contributed by atoms with E-state index in [-0.39, 0.29) is 6.04 Å². The lowest BCUT2D eigenvalue weighted by atomic mass is 10.0. The van der Waals surface area contributed by atoms with E-state index < -0.39 is 0 Å². The minimum Gasteiger partial charge on any atom is -0.496 e. The third kappa shape index (κ3) is 2.94. The van der Waals surface area contributed by atoms with Crippen LogP contribution in [-0.2, 0) is 0 Å². The van der Waals surface area contributed by atoms with E-state index in [4.69, 9.17) is 4.74 Å². The first-order chi connectivity index (χ1) is 8.76. The average Bonchev–Trinajstić information content (AvgIpc) is 2.41. The topological polar surface area (TPSA) is 24.5 Å². The summed E-state index contributed by atoms with van der Waals surface area (Å²) >= 11 is 3.53. The van der Waals surface area contributed by atoms with Gasteiger partial charge < -0.3 is 10.1 Å². The monoisotopic (exact) mass is 310 g/mol. The molecule has 1 aromatic rings. The van der Waals surface area contributed by atoms with E-state index in [1.807, 2.05) is 18.2 Å². The van der Waals surface area contributed by atoms with E-state index >= 15 is 0 Å². The summed E-state index contributed by atoms with van der Waals surface area (Å²) in [5.74, 6) is 0.918. The Bertz CT molecular complexity index is 416. The molecule has 0 unspecified atom stereocenters. The second-order valence-corrected chi connectivity index (χ2v) is 5.27. The molecule has 1 aromatic carbocycles. The molecule has 1 atom stereocenters. The Morgan fingerprint density at radius 2 is 2.17 bits per heavy atom. The van der Waals surface area contributed by atoms with Gasteiger partial charge in [0.1, 0.15) is 5.75 Å². The second-order valence-electron chi connectivity index (χ2n) is 4.35. The first kappa shape index (κ1) is 13.6. The fraction of sp³-hybridized carbons (Fsp3) is 0.429. The van der Waals surface area contributed by atoms with Crippen LogP contribution >= 0.6 is 15.9 Å². The molecule has 1 saturated heterocycles. The van der Waals surface area contributed by atoms with Gasteiger partial charge in [0.15, 0.2) is 0 Å². The molecule has 0 aromatic heterocycles. The minimum atomic E-state index is 0.208. The lowest BCUT2D eigenvalue weighted by Gasteiger charge is -2.34. The number of methoxy groups -OCH3 is 1. The maximum absolute atomic E-state index is 5.46. The molecule has 4 heteroatoms. The number of halogens is 1. The highest BCUT2D eigenvalue weighted by molar-refractivity contribution is 9.10. The van der Waals surface area contributed by atoms with Gasteiger partial charge >= 0.3 is 0 Å². The van der Waals surface area contributed by atoms with Crippen molar-refractivity contribution in [3.05, 3.63) is 40.9 Å². The number of hydrogen-bond donors (Lipinski definition) is 1. The highest BCUT2D eigenvalue weighted by Crippen LogP contribution is 2.32.